The second-order valence-electron chi connectivity index (χ2n) is 5.55. The van der Waals surface area contributed by atoms with Crippen LogP contribution in [-0.2, 0) is 12.3 Å². The highest BCUT2D eigenvalue weighted by Gasteiger charge is 2.03. The summed E-state index contributed by atoms with van der Waals surface area (Å²) in [6.07, 6.45) is 0. The van der Waals surface area contributed by atoms with Gasteiger partial charge in [-0.15, -0.1) is 11.8 Å². The van der Waals surface area contributed by atoms with Crippen molar-refractivity contribution in [3.8, 4) is 0 Å². The molecule has 0 fully saturated rings. The van der Waals surface area contributed by atoms with Crippen molar-refractivity contribution in [3.63, 3.8) is 0 Å². The third-order valence-electron chi connectivity index (χ3n) is 3.13. The minimum Gasteiger partial charge on any atom is -0.312 e. The van der Waals surface area contributed by atoms with Gasteiger partial charge in [-0.25, -0.2) is 4.39 Å². The van der Waals surface area contributed by atoms with Gasteiger partial charge < -0.3 is 5.32 Å². The molecule has 112 valence electrons. The van der Waals surface area contributed by atoms with E-state index in [2.05, 4.69) is 43.4 Å². The van der Waals surface area contributed by atoms with Crippen molar-refractivity contribution in [2.45, 2.75) is 31.0 Å². The molecule has 1 N–H and O–H groups in total. The SMILES string of the molecule is CC(C)CNCc1cccc(SCc2ccccc2F)c1. The largest absolute Gasteiger partial charge is 0.312 e. The Morgan fingerprint density at radius 3 is 2.67 bits per heavy atom. The van der Waals surface area contributed by atoms with Crippen molar-refractivity contribution >= 4 is 11.8 Å². The average molecular weight is 303 g/mol. The van der Waals surface area contributed by atoms with E-state index in [1.807, 2.05) is 12.1 Å². The predicted octanol–water partition coefficient (Wildman–Crippen LogP) is 4.86. The van der Waals surface area contributed by atoms with Crippen molar-refractivity contribution in [2.24, 2.45) is 5.92 Å². The number of benzene rings is 2. The molecule has 3 heteroatoms. The number of halogens is 1. The van der Waals surface area contributed by atoms with Crippen molar-refractivity contribution < 1.29 is 4.39 Å². The quantitative estimate of drug-likeness (QED) is 0.733. The minimum atomic E-state index is -0.125. The van der Waals surface area contributed by atoms with Crippen LogP contribution < -0.4 is 5.32 Å². The summed E-state index contributed by atoms with van der Waals surface area (Å²) in [7, 11) is 0. The zero-order valence-corrected chi connectivity index (χ0v) is 13.4. The maximum atomic E-state index is 13.6. The Kier molecular flexibility index (Phi) is 6.27. The normalized spacial score (nSPS) is 11.0. The second-order valence-corrected chi connectivity index (χ2v) is 6.60. The minimum absolute atomic E-state index is 0.125. The van der Waals surface area contributed by atoms with E-state index in [0.29, 0.717) is 11.7 Å². The van der Waals surface area contributed by atoms with Crippen molar-refractivity contribution in [1.82, 2.24) is 5.32 Å². The van der Waals surface area contributed by atoms with Crippen LogP contribution in [0.1, 0.15) is 25.0 Å². The Balaban J connectivity index is 1.90. The summed E-state index contributed by atoms with van der Waals surface area (Å²) < 4.78 is 13.6. The van der Waals surface area contributed by atoms with Gasteiger partial charge in [0.2, 0.25) is 0 Å². The third-order valence-corrected chi connectivity index (χ3v) is 4.17. The zero-order valence-electron chi connectivity index (χ0n) is 12.6. The molecule has 0 saturated heterocycles. The molecule has 2 aromatic carbocycles. The maximum Gasteiger partial charge on any atom is 0.127 e. The van der Waals surface area contributed by atoms with Crippen LogP contribution in [0.5, 0.6) is 0 Å². The van der Waals surface area contributed by atoms with Crippen LogP contribution in [-0.4, -0.2) is 6.54 Å². The van der Waals surface area contributed by atoms with Gasteiger partial charge in [-0.3, -0.25) is 0 Å². The van der Waals surface area contributed by atoms with E-state index in [1.165, 1.54) is 16.5 Å². The third kappa shape index (κ3) is 5.52. The molecule has 0 aromatic heterocycles. The predicted molar refractivity (Wildman–Crippen MR) is 88.9 cm³/mol. The molecule has 0 spiro atoms. The van der Waals surface area contributed by atoms with E-state index in [1.54, 1.807) is 17.8 Å². The van der Waals surface area contributed by atoms with E-state index >= 15 is 0 Å². The first-order valence-corrected chi connectivity index (χ1v) is 8.29. The number of hydrogen-bond acceptors (Lipinski definition) is 2. The number of nitrogens with one attached hydrogen (secondary N) is 1. The van der Waals surface area contributed by atoms with Crippen LogP contribution in [0.4, 0.5) is 4.39 Å². The van der Waals surface area contributed by atoms with Crippen molar-refractivity contribution in [2.75, 3.05) is 6.54 Å². The number of thioether (sulfide) groups is 1. The highest BCUT2D eigenvalue weighted by molar-refractivity contribution is 7.98. The van der Waals surface area contributed by atoms with Crippen LogP contribution in [0.3, 0.4) is 0 Å². The summed E-state index contributed by atoms with van der Waals surface area (Å²) in [5.74, 6) is 1.19. The summed E-state index contributed by atoms with van der Waals surface area (Å²) in [6.45, 7) is 6.31. The van der Waals surface area contributed by atoms with Gasteiger partial charge in [0.1, 0.15) is 5.82 Å². The summed E-state index contributed by atoms with van der Waals surface area (Å²) >= 11 is 1.67. The molecule has 0 saturated carbocycles. The molecule has 21 heavy (non-hydrogen) atoms. The Labute approximate surface area is 131 Å². The lowest BCUT2D eigenvalue weighted by Crippen LogP contribution is -2.18. The van der Waals surface area contributed by atoms with Gasteiger partial charge in [0.05, 0.1) is 0 Å². The molecule has 0 unspecified atom stereocenters. The molecule has 0 bridgehead atoms. The van der Waals surface area contributed by atoms with Gasteiger partial charge >= 0.3 is 0 Å². The van der Waals surface area contributed by atoms with Gasteiger partial charge in [-0.2, -0.15) is 0 Å². The van der Waals surface area contributed by atoms with Gasteiger partial charge in [-0.05, 0) is 41.8 Å². The molecule has 0 aliphatic heterocycles. The summed E-state index contributed by atoms with van der Waals surface area (Å²) in [4.78, 5) is 1.18. The van der Waals surface area contributed by atoms with Crippen LogP contribution in [0.15, 0.2) is 53.4 Å². The van der Waals surface area contributed by atoms with Gasteiger partial charge in [0.25, 0.3) is 0 Å². The molecule has 1 nitrogen and oxygen atoms in total. The van der Waals surface area contributed by atoms with Crippen LogP contribution in [0, 0.1) is 11.7 Å². The van der Waals surface area contributed by atoms with E-state index in [4.69, 9.17) is 0 Å². The Morgan fingerprint density at radius 2 is 1.90 bits per heavy atom. The van der Waals surface area contributed by atoms with E-state index in [0.717, 1.165) is 18.7 Å². The highest BCUT2D eigenvalue weighted by Crippen LogP contribution is 2.24. The molecule has 2 aromatic rings. The molecule has 0 amide bonds. The molecular weight excluding hydrogens is 281 g/mol. The lowest BCUT2D eigenvalue weighted by molar-refractivity contribution is 0.552. The van der Waals surface area contributed by atoms with Crippen LogP contribution in [0.25, 0.3) is 0 Å². The van der Waals surface area contributed by atoms with E-state index in [9.17, 15) is 4.39 Å². The van der Waals surface area contributed by atoms with Crippen LogP contribution in [0.2, 0.25) is 0 Å². The molecule has 2 rings (SSSR count). The van der Waals surface area contributed by atoms with Gasteiger partial charge in [0, 0.05) is 17.2 Å². The van der Waals surface area contributed by atoms with E-state index in [-0.39, 0.29) is 5.82 Å². The zero-order chi connectivity index (χ0) is 15.1. The van der Waals surface area contributed by atoms with Crippen molar-refractivity contribution in [3.05, 3.63) is 65.5 Å². The first kappa shape index (κ1) is 16.1. The first-order chi connectivity index (χ1) is 10.1. The van der Waals surface area contributed by atoms with Gasteiger partial charge in [0.15, 0.2) is 0 Å². The fourth-order valence-electron chi connectivity index (χ4n) is 2.03. The monoisotopic (exact) mass is 303 g/mol. The standard InChI is InChI=1S/C18H22FNS/c1-14(2)11-20-12-15-6-5-8-17(10-15)21-13-16-7-3-4-9-18(16)19/h3-10,14,20H,11-13H2,1-2H3. The lowest BCUT2D eigenvalue weighted by Gasteiger charge is -2.09. The molecule has 0 radical (unpaired) electrons. The summed E-state index contributed by atoms with van der Waals surface area (Å²) in [5.41, 5.74) is 2.03. The maximum absolute atomic E-state index is 13.6. The fraction of sp³-hybridized carbons (Fsp3) is 0.333. The Hall–Kier alpha value is -1.32. The topological polar surface area (TPSA) is 12.0 Å². The number of rotatable bonds is 7. The summed E-state index contributed by atoms with van der Waals surface area (Å²) in [5, 5.41) is 3.44. The van der Waals surface area contributed by atoms with E-state index < -0.39 is 0 Å². The Morgan fingerprint density at radius 1 is 1.10 bits per heavy atom. The first-order valence-electron chi connectivity index (χ1n) is 7.31. The molecule has 0 atom stereocenters. The van der Waals surface area contributed by atoms with Crippen LogP contribution >= 0.6 is 11.8 Å². The average Bonchev–Trinajstić information content (AvgIpc) is 2.46. The molecule has 0 aliphatic carbocycles. The van der Waals surface area contributed by atoms with Crippen molar-refractivity contribution in [1.29, 1.82) is 0 Å². The Bertz CT molecular complexity index is 569. The summed E-state index contributed by atoms with van der Waals surface area (Å²) in [6, 6.07) is 15.4. The molecular formula is C18H22FNS. The second kappa shape index (κ2) is 8.20. The molecule has 0 aliphatic rings. The van der Waals surface area contributed by atoms with Gasteiger partial charge in [-0.1, -0.05) is 44.2 Å². The lowest BCUT2D eigenvalue weighted by atomic mass is 10.2. The fourth-order valence-corrected chi connectivity index (χ4v) is 2.99. The number of hydrogen-bond donors (Lipinski definition) is 1. The molecule has 0 heterocycles. The smallest absolute Gasteiger partial charge is 0.127 e. The highest BCUT2D eigenvalue weighted by atomic mass is 32.2.